The SMILES string of the molecule is CC(C)c1cc(NS(=O)(=O)CC(C)c2ccccc2)n[nH]1. The summed E-state index contributed by atoms with van der Waals surface area (Å²) in [6.45, 7) is 5.94. The lowest BCUT2D eigenvalue weighted by atomic mass is 10.0. The summed E-state index contributed by atoms with van der Waals surface area (Å²) in [7, 11) is -3.43. The van der Waals surface area contributed by atoms with E-state index in [-0.39, 0.29) is 17.6 Å². The van der Waals surface area contributed by atoms with E-state index >= 15 is 0 Å². The summed E-state index contributed by atoms with van der Waals surface area (Å²) in [5.74, 6) is 0.575. The fourth-order valence-corrected chi connectivity index (χ4v) is 3.45. The smallest absolute Gasteiger partial charge is 0.234 e. The third-order valence-corrected chi connectivity index (χ3v) is 4.78. The van der Waals surface area contributed by atoms with Crippen LogP contribution in [0.5, 0.6) is 0 Å². The highest BCUT2D eigenvalue weighted by molar-refractivity contribution is 7.92. The van der Waals surface area contributed by atoms with Crippen molar-refractivity contribution < 1.29 is 8.42 Å². The number of sulfonamides is 1. The van der Waals surface area contributed by atoms with E-state index in [1.165, 1.54) is 0 Å². The largest absolute Gasteiger partial charge is 0.280 e. The molecule has 1 atom stereocenters. The van der Waals surface area contributed by atoms with Crippen LogP contribution in [-0.4, -0.2) is 24.4 Å². The van der Waals surface area contributed by atoms with Gasteiger partial charge in [-0.25, -0.2) is 8.42 Å². The summed E-state index contributed by atoms with van der Waals surface area (Å²) in [5, 5.41) is 6.82. The number of rotatable bonds is 6. The van der Waals surface area contributed by atoms with Gasteiger partial charge in [0.05, 0.1) is 5.75 Å². The zero-order valence-corrected chi connectivity index (χ0v) is 13.3. The second-order valence-corrected chi connectivity index (χ2v) is 7.33. The summed E-state index contributed by atoms with van der Waals surface area (Å²) in [4.78, 5) is 0. The molecule has 1 heterocycles. The lowest BCUT2D eigenvalue weighted by Gasteiger charge is -2.12. The summed E-state index contributed by atoms with van der Waals surface area (Å²) in [5.41, 5.74) is 1.91. The molecule has 0 bridgehead atoms. The Bertz CT molecular complexity index is 678. The minimum absolute atomic E-state index is 0.0287. The zero-order valence-electron chi connectivity index (χ0n) is 12.5. The van der Waals surface area contributed by atoms with Gasteiger partial charge in [0.15, 0.2) is 5.82 Å². The van der Waals surface area contributed by atoms with Crippen molar-refractivity contribution in [2.24, 2.45) is 0 Å². The number of hydrogen-bond donors (Lipinski definition) is 2. The number of hydrogen-bond acceptors (Lipinski definition) is 3. The molecule has 0 spiro atoms. The molecule has 2 aromatic rings. The van der Waals surface area contributed by atoms with Crippen LogP contribution in [0.4, 0.5) is 5.82 Å². The van der Waals surface area contributed by atoms with Crippen molar-refractivity contribution in [3.05, 3.63) is 47.7 Å². The highest BCUT2D eigenvalue weighted by Gasteiger charge is 2.18. The molecule has 2 rings (SSSR count). The second-order valence-electron chi connectivity index (χ2n) is 5.56. The topological polar surface area (TPSA) is 74.8 Å². The molecule has 0 saturated carbocycles. The molecule has 1 aromatic heterocycles. The molecule has 6 heteroatoms. The third-order valence-electron chi connectivity index (χ3n) is 3.32. The Morgan fingerprint density at radius 3 is 2.43 bits per heavy atom. The Labute approximate surface area is 125 Å². The van der Waals surface area contributed by atoms with Gasteiger partial charge in [-0.05, 0) is 17.4 Å². The lowest BCUT2D eigenvalue weighted by molar-refractivity contribution is 0.595. The summed E-state index contributed by atoms with van der Waals surface area (Å²) < 4.78 is 26.9. The Morgan fingerprint density at radius 2 is 1.86 bits per heavy atom. The van der Waals surface area contributed by atoms with Crippen molar-refractivity contribution in [1.82, 2.24) is 10.2 Å². The predicted molar refractivity (Wildman–Crippen MR) is 84.9 cm³/mol. The van der Waals surface area contributed by atoms with Gasteiger partial charge in [-0.1, -0.05) is 51.1 Å². The van der Waals surface area contributed by atoms with Gasteiger partial charge in [-0.3, -0.25) is 9.82 Å². The number of H-pyrrole nitrogens is 1. The van der Waals surface area contributed by atoms with Crippen LogP contribution in [0.3, 0.4) is 0 Å². The van der Waals surface area contributed by atoms with Gasteiger partial charge in [-0.15, -0.1) is 0 Å². The minimum Gasteiger partial charge on any atom is -0.280 e. The van der Waals surface area contributed by atoms with Gasteiger partial charge in [-0.2, -0.15) is 5.10 Å². The van der Waals surface area contributed by atoms with E-state index < -0.39 is 10.0 Å². The first-order chi connectivity index (χ1) is 9.87. The highest BCUT2D eigenvalue weighted by atomic mass is 32.2. The fourth-order valence-electron chi connectivity index (χ4n) is 2.09. The van der Waals surface area contributed by atoms with Gasteiger partial charge in [0, 0.05) is 11.8 Å². The molecule has 21 heavy (non-hydrogen) atoms. The molecule has 1 aromatic carbocycles. The summed E-state index contributed by atoms with van der Waals surface area (Å²) >= 11 is 0. The van der Waals surface area contributed by atoms with E-state index in [4.69, 9.17) is 0 Å². The number of nitrogens with one attached hydrogen (secondary N) is 2. The maximum absolute atomic E-state index is 12.2. The van der Waals surface area contributed by atoms with Crippen molar-refractivity contribution in [1.29, 1.82) is 0 Å². The van der Waals surface area contributed by atoms with Gasteiger partial charge in [0.1, 0.15) is 0 Å². The van der Waals surface area contributed by atoms with Crippen molar-refractivity contribution in [3.63, 3.8) is 0 Å². The molecule has 1 unspecified atom stereocenters. The Balaban J connectivity index is 2.04. The normalized spacial score (nSPS) is 13.3. The number of aromatic amines is 1. The van der Waals surface area contributed by atoms with E-state index in [1.807, 2.05) is 51.1 Å². The van der Waals surface area contributed by atoms with Crippen molar-refractivity contribution >= 4 is 15.8 Å². The van der Waals surface area contributed by atoms with Gasteiger partial charge in [0.25, 0.3) is 0 Å². The minimum atomic E-state index is -3.43. The summed E-state index contributed by atoms with van der Waals surface area (Å²) in [6.07, 6.45) is 0. The predicted octanol–water partition coefficient (Wildman–Crippen LogP) is 3.08. The van der Waals surface area contributed by atoms with Gasteiger partial charge in [0.2, 0.25) is 10.0 Å². The highest BCUT2D eigenvalue weighted by Crippen LogP contribution is 2.19. The van der Waals surface area contributed by atoms with Crippen LogP contribution in [0.15, 0.2) is 36.4 Å². The monoisotopic (exact) mass is 307 g/mol. The molecule has 0 saturated heterocycles. The van der Waals surface area contributed by atoms with Crippen LogP contribution in [0.2, 0.25) is 0 Å². The average Bonchev–Trinajstić information content (AvgIpc) is 2.87. The molecule has 0 fully saturated rings. The molecule has 2 N–H and O–H groups in total. The van der Waals surface area contributed by atoms with Crippen molar-refractivity contribution in [3.8, 4) is 0 Å². The van der Waals surface area contributed by atoms with E-state index in [0.29, 0.717) is 5.82 Å². The molecule has 0 aliphatic carbocycles. The number of nitrogens with zero attached hydrogens (tertiary/aromatic N) is 1. The molecule has 0 aliphatic rings. The number of anilines is 1. The Kier molecular flexibility index (Phi) is 4.67. The molecular weight excluding hydrogens is 286 g/mol. The molecule has 0 aliphatic heterocycles. The van der Waals surface area contributed by atoms with E-state index in [0.717, 1.165) is 11.3 Å². The van der Waals surface area contributed by atoms with Crippen LogP contribution in [-0.2, 0) is 10.0 Å². The number of benzene rings is 1. The maximum Gasteiger partial charge on any atom is 0.234 e. The standard InChI is InChI=1S/C15H21N3O2S/c1-11(2)14-9-15(17-16-14)18-21(19,20)10-12(3)13-7-5-4-6-8-13/h4-9,11-12H,10H2,1-3H3,(H2,16,17,18). The van der Waals surface area contributed by atoms with Crippen LogP contribution in [0.25, 0.3) is 0 Å². The van der Waals surface area contributed by atoms with Gasteiger partial charge < -0.3 is 0 Å². The quantitative estimate of drug-likeness (QED) is 0.861. The lowest BCUT2D eigenvalue weighted by Crippen LogP contribution is -2.20. The van der Waals surface area contributed by atoms with Crippen LogP contribution >= 0.6 is 0 Å². The first-order valence-corrected chi connectivity index (χ1v) is 8.63. The van der Waals surface area contributed by atoms with Crippen LogP contribution < -0.4 is 4.72 Å². The van der Waals surface area contributed by atoms with E-state index in [9.17, 15) is 8.42 Å². The van der Waals surface area contributed by atoms with Crippen molar-refractivity contribution in [2.45, 2.75) is 32.6 Å². The van der Waals surface area contributed by atoms with E-state index in [1.54, 1.807) is 6.07 Å². The number of aromatic nitrogens is 2. The van der Waals surface area contributed by atoms with E-state index in [2.05, 4.69) is 14.9 Å². The zero-order chi connectivity index (χ0) is 15.5. The first-order valence-electron chi connectivity index (χ1n) is 6.98. The Morgan fingerprint density at radius 1 is 1.19 bits per heavy atom. The van der Waals surface area contributed by atoms with Crippen LogP contribution in [0.1, 0.15) is 43.9 Å². The fraction of sp³-hybridized carbons (Fsp3) is 0.400. The third kappa shape index (κ3) is 4.32. The van der Waals surface area contributed by atoms with Gasteiger partial charge >= 0.3 is 0 Å². The molecular formula is C15H21N3O2S. The molecule has 5 nitrogen and oxygen atoms in total. The first kappa shape index (κ1) is 15.6. The van der Waals surface area contributed by atoms with Crippen LogP contribution in [0, 0.1) is 0 Å². The molecule has 0 amide bonds. The molecule has 0 radical (unpaired) electrons. The maximum atomic E-state index is 12.2. The average molecular weight is 307 g/mol. The Hall–Kier alpha value is -1.82. The van der Waals surface area contributed by atoms with Crippen molar-refractivity contribution in [2.75, 3.05) is 10.5 Å². The molecule has 114 valence electrons. The summed E-state index contributed by atoms with van der Waals surface area (Å²) in [6, 6.07) is 11.3. The second kappa shape index (κ2) is 6.30.